The fraction of sp³-hybridized carbons (Fsp3) is 0.464. The number of oxazole rings is 1. The number of aromatic amines is 1. The molecule has 1 amide bonds. The van der Waals surface area contributed by atoms with Crippen LogP contribution in [0.25, 0.3) is 22.1 Å². The number of benzene rings is 2. The molecule has 0 spiro atoms. The molecular weight excluding hydrogens is 440 g/mol. The number of ether oxygens (including phenoxy) is 1. The first-order valence-electron chi connectivity index (χ1n) is 12.6. The standard InChI is InChI=1S/C28H30N4O3/c1-27(2)24-13-17-12-23-21(31-25(35-23)22-5-4-10-34-22)14-18(17)28(27,3)8-9-32(24)26(33)16-6-7-19-20(11-16)30-15-29-19/h6-7,11-12,14-15,22,24H,4-5,8-10,13H2,1-3H3,(H,29,30)/t22-,24+,28-/m0/s1. The molecule has 2 bridgehead atoms. The maximum absolute atomic E-state index is 13.8. The maximum atomic E-state index is 13.8. The van der Waals surface area contributed by atoms with Gasteiger partial charge < -0.3 is 19.0 Å². The third-order valence-electron chi connectivity index (χ3n) is 9.25. The van der Waals surface area contributed by atoms with Crippen molar-refractivity contribution in [2.24, 2.45) is 5.41 Å². The number of piperidine rings is 1. The van der Waals surface area contributed by atoms with Crippen LogP contribution in [0.3, 0.4) is 0 Å². The van der Waals surface area contributed by atoms with E-state index in [2.05, 4.69) is 47.8 Å². The molecular formula is C28H30N4O3. The summed E-state index contributed by atoms with van der Waals surface area (Å²) in [7, 11) is 0. The number of aromatic nitrogens is 3. The molecule has 35 heavy (non-hydrogen) atoms. The van der Waals surface area contributed by atoms with Gasteiger partial charge in [0, 0.05) is 30.2 Å². The molecule has 2 aliphatic heterocycles. The van der Waals surface area contributed by atoms with E-state index in [1.807, 2.05) is 18.2 Å². The van der Waals surface area contributed by atoms with E-state index in [-0.39, 0.29) is 28.9 Å². The highest BCUT2D eigenvalue weighted by molar-refractivity contribution is 5.97. The lowest BCUT2D eigenvalue weighted by Gasteiger charge is -2.60. The van der Waals surface area contributed by atoms with Gasteiger partial charge in [-0.1, -0.05) is 20.8 Å². The quantitative estimate of drug-likeness (QED) is 0.429. The van der Waals surface area contributed by atoms with E-state index in [4.69, 9.17) is 14.1 Å². The molecule has 2 aromatic heterocycles. The molecule has 2 saturated heterocycles. The monoisotopic (exact) mass is 470 g/mol. The highest BCUT2D eigenvalue weighted by Gasteiger charge is 2.57. The van der Waals surface area contributed by atoms with Crippen molar-refractivity contribution < 1.29 is 13.9 Å². The Kier molecular flexibility index (Phi) is 4.32. The summed E-state index contributed by atoms with van der Waals surface area (Å²) in [6.07, 6.45) is 5.35. The molecule has 1 aliphatic carbocycles. The SMILES string of the molecule is CC1(C)[C@H]2Cc3cc4oc([C@@H]5CCCO5)nc4cc3[C@]1(C)CCN2C(=O)c1ccc2nc[nH]c2c1. The van der Waals surface area contributed by atoms with Gasteiger partial charge in [-0.05, 0) is 72.6 Å². The fourth-order valence-corrected chi connectivity index (χ4v) is 6.74. The minimum absolute atomic E-state index is 0.0361. The largest absolute Gasteiger partial charge is 0.438 e. The van der Waals surface area contributed by atoms with Crippen molar-refractivity contribution in [1.82, 2.24) is 19.9 Å². The van der Waals surface area contributed by atoms with E-state index < -0.39 is 0 Å². The third kappa shape index (κ3) is 2.91. The van der Waals surface area contributed by atoms with Crippen molar-refractivity contribution >= 4 is 28.0 Å². The van der Waals surface area contributed by atoms with Crippen molar-refractivity contribution in [3.63, 3.8) is 0 Å². The van der Waals surface area contributed by atoms with Crippen LogP contribution in [0.2, 0.25) is 0 Å². The number of H-pyrrole nitrogens is 1. The number of fused-ring (bicyclic) bond motifs is 6. The molecule has 2 aromatic carbocycles. The lowest BCUT2D eigenvalue weighted by molar-refractivity contribution is -0.0261. The van der Waals surface area contributed by atoms with Crippen molar-refractivity contribution in [2.75, 3.05) is 13.2 Å². The lowest BCUT2D eigenvalue weighted by atomic mass is 9.51. The topological polar surface area (TPSA) is 84.2 Å². The summed E-state index contributed by atoms with van der Waals surface area (Å²) < 4.78 is 12.0. The van der Waals surface area contributed by atoms with Gasteiger partial charge in [0.25, 0.3) is 5.91 Å². The molecule has 7 heteroatoms. The maximum Gasteiger partial charge on any atom is 0.254 e. The highest BCUT2D eigenvalue weighted by Crippen LogP contribution is 2.56. The number of hydrogen-bond acceptors (Lipinski definition) is 5. The number of imidazole rings is 1. The minimum Gasteiger partial charge on any atom is -0.438 e. The summed E-state index contributed by atoms with van der Waals surface area (Å²) in [4.78, 5) is 28.1. The van der Waals surface area contributed by atoms with Gasteiger partial charge in [0.2, 0.25) is 5.89 Å². The van der Waals surface area contributed by atoms with Gasteiger partial charge in [0.15, 0.2) is 5.58 Å². The van der Waals surface area contributed by atoms with E-state index in [1.165, 1.54) is 11.1 Å². The molecule has 0 saturated carbocycles. The van der Waals surface area contributed by atoms with E-state index in [0.29, 0.717) is 11.5 Å². The van der Waals surface area contributed by atoms with Crippen LogP contribution in [0.15, 0.2) is 41.1 Å². The first kappa shape index (κ1) is 21.1. The Hall–Kier alpha value is -3.19. The Morgan fingerprint density at radius 1 is 1.17 bits per heavy atom. The van der Waals surface area contributed by atoms with E-state index in [1.54, 1.807) is 6.33 Å². The zero-order valence-corrected chi connectivity index (χ0v) is 20.4. The van der Waals surface area contributed by atoms with Gasteiger partial charge in [-0.25, -0.2) is 9.97 Å². The molecule has 0 radical (unpaired) electrons. The fourth-order valence-electron chi connectivity index (χ4n) is 6.74. The Bertz CT molecular complexity index is 1480. The molecule has 3 atom stereocenters. The van der Waals surface area contributed by atoms with E-state index in [9.17, 15) is 4.79 Å². The number of nitrogens with one attached hydrogen (secondary N) is 1. The van der Waals surface area contributed by atoms with Crippen LogP contribution in [0.4, 0.5) is 0 Å². The number of nitrogens with zero attached hydrogens (tertiary/aromatic N) is 3. The van der Waals surface area contributed by atoms with Crippen molar-refractivity contribution in [3.8, 4) is 0 Å². The van der Waals surface area contributed by atoms with Gasteiger partial charge in [-0.2, -0.15) is 0 Å². The van der Waals surface area contributed by atoms with Crippen molar-refractivity contribution in [2.45, 2.75) is 64.0 Å². The van der Waals surface area contributed by atoms with Gasteiger partial charge in [0.1, 0.15) is 11.6 Å². The van der Waals surface area contributed by atoms with Gasteiger partial charge in [-0.3, -0.25) is 4.79 Å². The van der Waals surface area contributed by atoms with Crippen LogP contribution >= 0.6 is 0 Å². The smallest absolute Gasteiger partial charge is 0.254 e. The van der Waals surface area contributed by atoms with Gasteiger partial charge >= 0.3 is 0 Å². The summed E-state index contributed by atoms with van der Waals surface area (Å²) in [6.45, 7) is 8.52. The van der Waals surface area contributed by atoms with Crippen LogP contribution in [0.5, 0.6) is 0 Å². The summed E-state index contributed by atoms with van der Waals surface area (Å²) >= 11 is 0. The zero-order chi connectivity index (χ0) is 23.9. The number of rotatable bonds is 2. The Labute approximate surface area is 203 Å². The average Bonchev–Trinajstić information content (AvgIpc) is 3.60. The molecule has 7 rings (SSSR count). The number of amides is 1. The van der Waals surface area contributed by atoms with Crippen LogP contribution in [-0.4, -0.2) is 45.0 Å². The normalized spacial score (nSPS) is 27.5. The van der Waals surface area contributed by atoms with E-state index >= 15 is 0 Å². The van der Waals surface area contributed by atoms with Crippen LogP contribution in [0.1, 0.15) is 73.5 Å². The number of hydrogen-bond donors (Lipinski definition) is 1. The first-order chi connectivity index (χ1) is 16.8. The molecule has 7 nitrogen and oxygen atoms in total. The molecule has 4 aromatic rings. The second-order valence-corrected chi connectivity index (χ2v) is 11.2. The molecule has 180 valence electrons. The number of carbonyl (C=O) groups is 1. The summed E-state index contributed by atoms with van der Waals surface area (Å²) in [5, 5.41) is 0. The Balaban J connectivity index is 1.29. The number of carbonyl (C=O) groups excluding carboxylic acids is 1. The van der Waals surface area contributed by atoms with E-state index in [0.717, 1.165) is 61.0 Å². The predicted octanol–water partition coefficient (Wildman–Crippen LogP) is 5.31. The van der Waals surface area contributed by atoms with Crippen molar-refractivity contribution in [3.05, 3.63) is 59.2 Å². The predicted molar refractivity (Wildman–Crippen MR) is 132 cm³/mol. The summed E-state index contributed by atoms with van der Waals surface area (Å²) in [5.74, 6) is 0.782. The van der Waals surface area contributed by atoms with Gasteiger partial charge in [-0.15, -0.1) is 0 Å². The number of likely N-dealkylation sites (tertiary alicyclic amines) is 1. The second kappa shape index (κ2) is 7.17. The molecule has 0 unspecified atom stereocenters. The first-order valence-corrected chi connectivity index (χ1v) is 12.6. The lowest BCUT2D eigenvalue weighted by Crippen LogP contribution is -2.64. The minimum atomic E-state index is -0.0964. The Morgan fingerprint density at radius 3 is 2.89 bits per heavy atom. The zero-order valence-electron chi connectivity index (χ0n) is 20.4. The molecule has 4 heterocycles. The second-order valence-electron chi connectivity index (χ2n) is 11.2. The Morgan fingerprint density at radius 2 is 2.06 bits per heavy atom. The van der Waals surface area contributed by atoms with Crippen LogP contribution < -0.4 is 0 Å². The molecule has 1 N–H and O–H groups in total. The van der Waals surface area contributed by atoms with Crippen LogP contribution in [0, 0.1) is 5.41 Å². The molecule has 3 aliphatic rings. The van der Waals surface area contributed by atoms with Gasteiger partial charge in [0.05, 0.1) is 17.4 Å². The van der Waals surface area contributed by atoms with Crippen molar-refractivity contribution in [1.29, 1.82) is 0 Å². The summed E-state index contributed by atoms with van der Waals surface area (Å²) in [5.41, 5.74) is 6.66. The highest BCUT2D eigenvalue weighted by atomic mass is 16.5. The third-order valence-corrected chi connectivity index (χ3v) is 9.25. The van der Waals surface area contributed by atoms with Crippen LogP contribution in [-0.2, 0) is 16.6 Å². The summed E-state index contributed by atoms with van der Waals surface area (Å²) in [6, 6.07) is 10.2. The average molecular weight is 471 g/mol. The molecule has 2 fully saturated rings.